The Hall–Kier alpha value is -2.17. The van der Waals surface area contributed by atoms with Crippen LogP contribution in [0.15, 0.2) is 41.2 Å². The van der Waals surface area contributed by atoms with Gasteiger partial charge in [-0.05, 0) is 61.1 Å². The van der Waals surface area contributed by atoms with E-state index in [4.69, 9.17) is 11.6 Å². The molecule has 1 N–H and O–H groups in total. The Kier molecular flexibility index (Phi) is 3.91. The number of nitrogens with one attached hydrogen (secondary N) is 1. The highest BCUT2D eigenvalue weighted by atomic mass is 35.5. The molecule has 0 bridgehead atoms. The monoisotopic (exact) mass is 405 g/mol. The summed E-state index contributed by atoms with van der Waals surface area (Å²) in [5, 5.41) is 4.70. The minimum atomic E-state index is -0.160. The van der Waals surface area contributed by atoms with E-state index in [1.807, 2.05) is 18.2 Å². The summed E-state index contributed by atoms with van der Waals surface area (Å²) in [6, 6.07) is 12.5. The molecule has 2 aromatic carbocycles. The third kappa shape index (κ3) is 2.42. The molecule has 1 aromatic heterocycles. The fraction of sp³-hybridized carbons (Fsp3) is 0.417. The zero-order valence-electron chi connectivity index (χ0n) is 16.4. The number of aromatic nitrogens is 2. The van der Waals surface area contributed by atoms with Gasteiger partial charge in [0, 0.05) is 6.54 Å². The molecule has 1 atom stereocenters. The third-order valence-corrected chi connectivity index (χ3v) is 7.61. The number of para-hydroxylation sites is 1. The molecule has 5 heteroatoms. The van der Waals surface area contributed by atoms with Crippen molar-refractivity contribution in [3.05, 3.63) is 68.7 Å². The van der Waals surface area contributed by atoms with Gasteiger partial charge in [0.1, 0.15) is 5.82 Å². The Morgan fingerprint density at radius 2 is 2.00 bits per heavy atom. The Morgan fingerprint density at radius 1 is 1.14 bits per heavy atom. The quantitative estimate of drug-likeness (QED) is 0.639. The van der Waals surface area contributed by atoms with Crippen LogP contribution in [0, 0.1) is 0 Å². The second-order valence-electron chi connectivity index (χ2n) is 8.82. The van der Waals surface area contributed by atoms with Gasteiger partial charge in [0.15, 0.2) is 0 Å². The molecular formula is C24H24ClN3O. The number of halogens is 1. The van der Waals surface area contributed by atoms with Crippen molar-refractivity contribution in [2.75, 3.05) is 13.1 Å². The van der Waals surface area contributed by atoms with Crippen LogP contribution in [-0.4, -0.2) is 22.6 Å². The summed E-state index contributed by atoms with van der Waals surface area (Å²) in [5.41, 5.74) is 4.36. The van der Waals surface area contributed by atoms with Crippen LogP contribution in [0.25, 0.3) is 16.6 Å². The van der Waals surface area contributed by atoms with Gasteiger partial charge < -0.3 is 5.32 Å². The minimum Gasteiger partial charge on any atom is -0.316 e. The van der Waals surface area contributed by atoms with Crippen molar-refractivity contribution in [1.29, 1.82) is 0 Å². The zero-order chi connectivity index (χ0) is 19.6. The highest BCUT2D eigenvalue weighted by molar-refractivity contribution is 6.35. The highest BCUT2D eigenvalue weighted by Gasteiger charge is 2.46. The van der Waals surface area contributed by atoms with Crippen molar-refractivity contribution < 1.29 is 0 Å². The molecule has 0 amide bonds. The number of nitrogens with zero attached hydrogens (tertiary/aromatic N) is 2. The molecule has 29 heavy (non-hydrogen) atoms. The molecule has 6 rings (SSSR count). The lowest BCUT2D eigenvalue weighted by Gasteiger charge is -2.33. The molecule has 3 aliphatic rings. The first-order valence-corrected chi connectivity index (χ1v) is 11.1. The van der Waals surface area contributed by atoms with Gasteiger partial charge in [-0.25, -0.2) is 0 Å². The van der Waals surface area contributed by atoms with E-state index in [9.17, 15) is 4.79 Å². The second kappa shape index (κ2) is 6.41. The van der Waals surface area contributed by atoms with E-state index < -0.39 is 0 Å². The van der Waals surface area contributed by atoms with Crippen LogP contribution in [0.3, 0.4) is 0 Å². The first-order chi connectivity index (χ1) is 14.2. The number of hydrogen-bond donors (Lipinski definition) is 1. The molecule has 148 valence electrons. The molecule has 1 aliphatic carbocycles. The smallest absolute Gasteiger partial charge is 0.280 e. The molecular weight excluding hydrogens is 382 g/mol. The SMILES string of the molecule is O=c1nc2n(c3c(Cl)cccc13)-c1cc(C3CCNC3)ccc1C21CCCCC1. The molecule has 1 saturated carbocycles. The molecule has 1 unspecified atom stereocenters. The first-order valence-electron chi connectivity index (χ1n) is 10.8. The van der Waals surface area contributed by atoms with E-state index in [0.29, 0.717) is 16.3 Å². The molecule has 2 fully saturated rings. The Bertz CT molecular complexity index is 1190. The normalized spacial score (nSPS) is 22.2. The molecule has 2 aliphatic heterocycles. The fourth-order valence-corrected chi connectivity index (χ4v) is 6.14. The third-order valence-electron chi connectivity index (χ3n) is 7.31. The van der Waals surface area contributed by atoms with Gasteiger partial charge in [0.2, 0.25) is 0 Å². The van der Waals surface area contributed by atoms with Crippen molar-refractivity contribution in [3.8, 4) is 5.69 Å². The van der Waals surface area contributed by atoms with E-state index >= 15 is 0 Å². The minimum absolute atomic E-state index is 0.160. The molecule has 1 spiro atoms. The average molecular weight is 406 g/mol. The number of rotatable bonds is 1. The van der Waals surface area contributed by atoms with Crippen LogP contribution in [0.2, 0.25) is 5.02 Å². The summed E-state index contributed by atoms with van der Waals surface area (Å²) < 4.78 is 2.21. The standard InChI is InChI=1S/C24H24ClN3O/c25-19-6-4-5-17-21(19)28-20-13-15(16-9-12-26-14-16)7-8-18(20)24(10-2-1-3-11-24)23(28)27-22(17)29/h4-8,13,16,26H,1-3,9-12,14H2. The molecule has 3 aromatic rings. The van der Waals surface area contributed by atoms with Crippen molar-refractivity contribution in [3.63, 3.8) is 0 Å². The van der Waals surface area contributed by atoms with E-state index in [0.717, 1.165) is 37.3 Å². The number of hydrogen-bond acceptors (Lipinski definition) is 3. The lowest BCUT2D eigenvalue weighted by atomic mass is 9.69. The Morgan fingerprint density at radius 3 is 2.79 bits per heavy atom. The van der Waals surface area contributed by atoms with Crippen molar-refractivity contribution in [1.82, 2.24) is 14.9 Å². The zero-order valence-corrected chi connectivity index (χ0v) is 17.1. The fourth-order valence-electron chi connectivity index (χ4n) is 5.88. The maximum absolute atomic E-state index is 13.0. The van der Waals surface area contributed by atoms with Gasteiger partial charge in [-0.1, -0.05) is 49.1 Å². The van der Waals surface area contributed by atoms with E-state index in [2.05, 4.69) is 33.1 Å². The Balaban J connectivity index is 1.70. The molecule has 1 saturated heterocycles. The Labute approximate surface area is 174 Å². The van der Waals surface area contributed by atoms with Crippen LogP contribution < -0.4 is 10.9 Å². The van der Waals surface area contributed by atoms with Crippen LogP contribution in [0.5, 0.6) is 0 Å². The first kappa shape index (κ1) is 17.7. The van der Waals surface area contributed by atoms with E-state index in [1.54, 1.807) is 0 Å². The molecule has 3 heterocycles. The van der Waals surface area contributed by atoms with Crippen LogP contribution >= 0.6 is 11.6 Å². The summed E-state index contributed by atoms with van der Waals surface area (Å²) >= 11 is 6.68. The average Bonchev–Trinajstić information content (AvgIpc) is 3.36. The largest absolute Gasteiger partial charge is 0.316 e. The van der Waals surface area contributed by atoms with Gasteiger partial charge in [-0.2, -0.15) is 4.98 Å². The second-order valence-corrected chi connectivity index (χ2v) is 9.23. The van der Waals surface area contributed by atoms with E-state index in [1.165, 1.54) is 42.5 Å². The topological polar surface area (TPSA) is 46.9 Å². The van der Waals surface area contributed by atoms with Crippen LogP contribution in [0.4, 0.5) is 0 Å². The summed E-state index contributed by atoms with van der Waals surface area (Å²) in [6.45, 7) is 2.10. The maximum Gasteiger partial charge on any atom is 0.280 e. The molecule has 4 nitrogen and oxygen atoms in total. The van der Waals surface area contributed by atoms with Gasteiger partial charge in [0.05, 0.1) is 27.0 Å². The van der Waals surface area contributed by atoms with Crippen LogP contribution in [-0.2, 0) is 5.41 Å². The highest BCUT2D eigenvalue weighted by Crippen LogP contribution is 2.52. The van der Waals surface area contributed by atoms with Gasteiger partial charge >= 0.3 is 0 Å². The summed E-state index contributed by atoms with van der Waals surface area (Å²) in [6.07, 6.45) is 6.86. The summed E-state index contributed by atoms with van der Waals surface area (Å²) in [5.74, 6) is 1.44. The van der Waals surface area contributed by atoms with Gasteiger partial charge in [-0.15, -0.1) is 0 Å². The molecule has 0 radical (unpaired) electrons. The van der Waals surface area contributed by atoms with Crippen LogP contribution in [0.1, 0.15) is 61.4 Å². The predicted octanol–water partition coefficient (Wildman–Crippen LogP) is 4.68. The summed E-state index contributed by atoms with van der Waals surface area (Å²) in [4.78, 5) is 17.6. The summed E-state index contributed by atoms with van der Waals surface area (Å²) in [7, 11) is 0. The lowest BCUT2D eigenvalue weighted by Crippen LogP contribution is -2.32. The van der Waals surface area contributed by atoms with Gasteiger partial charge in [-0.3, -0.25) is 9.36 Å². The van der Waals surface area contributed by atoms with E-state index in [-0.39, 0.29) is 11.0 Å². The number of fused-ring (bicyclic) bond motifs is 7. The predicted molar refractivity (Wildman–Crippen MR) is 116 cm³/mol. The van der Waals surface area contributed by atoms with Gasteiger partial charge in [0.25, 0.3) is 5.56 Å². The van der Waals surface area contributed by atoms with Crippen molar-refractivity contribution >= 4 is 22.5 Å². The number of benzene rings is 2. The van der Waals surface area contributed by atoms with Crippen molar-refractivity contribution in [2.45, 2.75) is 49.9 Å². The maximum atomic E-state index is 13.0. The van der Waals surface area contributed by atoms with Crippen molar-refractivity contribution in [2.24, 2.45) is 0 Å². The lowest BCUT2D eigenvalue weighted by molar-refractivity contribution is 0.339.